The molecule has 0 aliphatic carbocycles. The Morgan fingerprint density at radius 2 is 1.69 bits per heavy atom. The molecular weight excluding hydrogens is 465 g/mol. The Morgan fingerprint density at radius 3 is 2.25 bits per heavy atom. The van der Waals surface area contributed by atoms with E-state index in [0.29, 0.717) is 6.07 Å². The maximum Gasteiger partial charge on any atom is 0.438 e. The first-order valence-corrected chi connectivity index (χ1v) is 9.69. The average Bonchev–Trinajstić information content (AvgIpc) is 3.36. The Balaban J connectivity index is 1.89. The first-order chi connectivity index (χ1) is 14.9. The lowest BCUT2D eigenvalue weighted by atomic mass is 10.0. The van der Waals surface area contributed by atoms with Gasteiger partial charge in [0.05, 0.1) is 22.7 Å². The third kappa shape index (κ3) is 3.93. The van der Waals surface area contributed by atoms with Crippen LogP contribution in [0.2, 0.25) is 0 Å². The van der Waals surface area contributed by atoms with E-state index in [4.69, 9.17) is 0 Å². The molecule has 4 rings (SSSR count). The number of aliphatic hydroxyl groups is 1. The van der Waals surface area contributed by atoms with E-state index in [1.807, 2.05) is 0 Å². The predicted octanol–water partition coefficient (Wildman–Crippen LogP) is 5.23. The Bertz CT molecular complexity index is 1160. The average molecular weight is 476 g/mol. The summed E-state index contributed by atoms with van der Waals surface area (Å²) in [4.78, 5) is 7.28. The van der Waals surface area contributed by atoms with Crippen molar-refractivity contribution in [1.82, 2.24) is 9.97 Å². The molecule has 13 heteroatoms. The van der Waals surface area contributed by atoms with Crippen LogP contribution >= 0.6 is 11.3 Å². The van der Waals surface area contributed by atoms with Crippen molar-refractivity contribution in [3.8, 4) is 10.6 Å². The zero-order valence-electron chi connectivity index (χ0n) is 15.6. The van der Waals surface area contributed by atoms with Gasteiger partial charge in [0.2, 0.25) is 5.95 Å². The summed E-state index contributed by atoms with van der Waals surface area (Å²) in [7, 11) is 0. The van der Waals surface area contributed by atoms with Gasteiger partial charge < -0.3 is 5.11 Å². The van der Waals surface area contributed by atoms with Crippen LogP contribution in [0.15, 0.2) is 52.9 Å². The second-order valence-corrected chi connectivity index (χ2v) is 7.72. The van der Waals surface area contributed by atoms with Crippen LogP contribution in [0, 0.1) is 5.82 Å². The third-order valence-corrected chi connectivity index (χ3v) is 5.48. The molecule has 0 spiro atoms. The van der Waals surface area contributed by atoms with Crippen LogP contribution in [0.5, 0.6) is 0 Å². The summed E-state index contributed by atoms with van der Waals surface area (Å²) in [6.07, 6.45) is -11.5. The van der Waals surface area contributed by atoms with Gasteiger partial charge in [0.1, 0.15) is 5.82 Å². The molecule has 0 fully saturated rings. The normalized spacial score (nSPS) is 19.4. The van der Waals surface area contributed by atoms with Gasteiger partial charge in [-0.15, -0.1) is 11.3 Å². The van der Waals surface area contributed by atoms with Crippen molar-refractivity contribution in [3.05, 3.63) is 64.9 Å². The van der Waals surface area contributed by atoms with Crippen LogP contribution in [0.25, 0.3) is 10.6 Å². The minimum Gasteiger partial charge on any atom is -0.362 e. The highest BCUT2D eigenvalue weighted by molar-refractivity contribution is 7.13. The maximum absolute atomic E-state index is 13.8. The summed E-state index contributed by atoms with van der Waals surface area (Å²) in [6.45, 7) is 0. The summed E-state index contributed by atoms with van der Waals surface area (Å²) in [6, 6.07) is 7.79. The standard InChI is InChI=1S/C19H11F7N4OS/c20-11-5-3-10(4-6-11)13-9-17(31,19(24,25)26)30(29-13)16-27-12(14-2-1-7-32-14)8-15(28-16)18(21,22)23/h1-8,31H,9H2. The fourth-order valence-corrected chi connectivity index (χ4v) is 3.69. The summed E-state index contributed by atoms with van der Waals surface area (Å²) >= 11 is 1.02. The first kappa shape index (κ1) is 22.1. The first-order valence-electron chi connectivity index (χ1n) is 8.81. The van der Waals surface area contributed by atoms with E-state index in [1.54, 1.807) is 5.38 Å². The number of hydrazone groups is 1. The number of hydrogen-bond donors (Lipinski definition) is 1. The molecule has 3 aromatic rings. The highest BCUT2D eigenvalue weighted by atomic mass is 32.1. The number of halogens is 7. The van der Waals surface area contributed by atoms with Gasteiger partial charge in [-0.1, -0.05) is 18.2 Å². The van der Waals surface area contributed by atoms with Crippen LogP contribution < -0.4 is 5.01 Å². The quantitative estimate of drug-likeness (QED) is 0.526. The van der Waals surface area contributed by atoms with Gasteiger partial charge in [0, 0.05) is 0 Å². The molecule has 0 saturated carbocycles. The van der Waals surface area contributed by atoms with E-state index in [1.165, 1.54) is 12.1 Å². The molecule has 1 unspecified atom stereocenters. The molecule has 168 valence electrons. The monoisotopic (exact) mass is 476 g/mol. The van der Waals surface area contributed by atoms with Gasteiger partial charge in [-0.3, -0.25) is 0 Å². The Labute approximate surface area is 179 Å². The van der Waals surface area contributed by atoms with E-state index in [-0.39, 0.29) is 26.9 Å². The van der Waals surface area contributed by atoms with Gasteiger partial charge in [0.15, 0.2) is 5.69 Å². The number of rotatable bonds is 3. The molecule has 0 saturated heterocycles. The molecule has 3 heterocycles. The topological polar surface area (TPSA) is 61.6 Å². The summed E-state index contributed by atoms with van der Waals surface area (Å²) in [5, 5.41) is 15.7. The molecular formula is C19H11F7N4OS. The molecule has 1 aliphatic heterocycles. The molecule has 0 amide bonds. The van der Waals surface area contributed by atoms with Gasteiger partial charge in [0.25, 0.3) is 5.72 Å². The molecule has 1 N–H and O–H groups in total. The van der Waals surface area contributed by atoms with E-state index in [9.17, 15) is 35.8 Å². The lowest BCUT2D eigenvalue weighted by Gasteiger charge is -2.32. The lowest BCUT2D eigenvalue weighted by Crippen LogP contribution is -2.55. The number of anilines is 1. The number of aromatic nitrogens is 2. The number of hydrogen-bond acceptors (Lipinski definition) is 6. The van der Waals surface area contributed by atoms with Gasteiger partial charge >= 0.3 is 12.4 Å². The SMILES string of the molecule is OC1(C(F)(F)F)CC(c2ccc(F)cc2)=NN1c1nc(-c2cccs2)cc(C(F)(F)F)n1. The Morgan fingerprint density at radius 1 is 1.00 bits per heavy atom. The Kier molecular flexibility index (Phi) is 5.20. The largest absolute Gasteiger partial charge is 0.438 e. The van der Waals surface area contributed by atoms with Crippen LogP contribution in [0.4, 0.5) is 36.7 Å². The summed E-state index contributed by atoms with van der Waals surface area (Å²) in [5.74, 6) is -1.74. The van der Waals surface area contributed by atoms with Crippen molar-refractivity contribution < 1.29 is 35.8 Å². The maximum atomic E-state index is 13.8. The molecule has 1 atom stereocenters. The summed E-state index contributed by atoms with van der Waals surface area (Å²) < 4.78 is 95.0. The van der Waals surface area contributed by atoms with Crippen molar-refractivity contribution in [1.29, 1.82) is 0 Å². The highest BCUT2D eigenvalue weighted by Gasteiger charge is 2.63. The second kappa shape index (κ2) is 7.52. The summed E-state index contributed by atoms with van der Waals surface area (Å²) in [5.41, 5.74) is -5.79. The lowest BCUT2D eigenvalue weighted by molar-refractivity contribution is -0.254. The van der Waals surface area contributed by atoms with E-state index in [2.05, 4.69) is 15.1 Å². The molecule has 1 aromatic carbocycles. The second-order valence-electron chi connectivity index (χ2n) is 6.77. The Hall–Kier alpha value is -3.06. The zero-order valence-corrected chi connectivity index (χ0v) is 16.4. The number of nitrogens with zero attached hydrogens (tertiary/aromatic N) is 4. The van der Waals surface area contributed by atoms with Crippen LogP contribution in [-0.4, -0.2) is 32.7 Å². The van der Waals surface area contributed by atoms with Crippen molar-refractivity contribution in [2.24, 2.45) is 5.10 Å². The number of alkyl halides is 6. The van der Waals surface area contributed by atoms with Crippen LogP contribution in [0.3, 0.4) is 0 Å². The van der Waals surface area contributed by atoms with E-state index in [0.717, 1.165) is 35.6 Å². The minimum absolute atomic E-state index is 0.0435. The molecule has 0 radical (unpaired) electrons. The zero-order chi connectivity index (χ0) is 23.3. The van der Waals surface area contributed by atoms with Crippen LogP contribution in [-0.2, 0) is 6.18 Å². The fraction of sp³-hybridized carbons (Fsp3) is 0.211. The predicted molar refractivity (Wildman–Crippen MR) is 101 cm³/mol. The molecule has 32 heavy (non-hydrogen) atoms. The van der Waals surface area contributed by atoms with Crippen molar-refractivity contribution in [2.45, 2.75) is 24.5 Å². The fourth-order valence-electron chi connectivity index (χ4n) is 3.00. The molecule has 5 nitrogen and oxygen atoms in total. The molecule has 2 aromatic heterocycles. The third-order valence-electron chi connectivity index (χ3n) is 4.58. The molecule has 0 bridgehead atoms. The number of thiophene rings is 1. The van der Waals surface area contributed by atoms with Gasteiger partial charge in [-0.2, -0.15) is 36.5 Å². The van der Waals surface area contributed by atoms with Crippen LogP contribution in [0.1, 0.15) is 17.7 Å². The van der Waals surface area contributed by atoms with Crippen molar-refractivity contribution in [3.63, 3.8) is 0 Å². The minimum atomic E-state index is -5.33. The van der Waals surface area contributed by atoms with E-state index >= 15 is 0 Å². The van der Waals surface area contributed by atoms with Gasteiger partial charge in [-0.05, 0) is 35.2 Å². The van der Waals surface area contributed by atoms with Gasteiger partial charge in [-0.25, -0.2) is 14.4 Å². The smallest absolute Gasteiger partial charge is 0.362 e. The van der Waals surface area contributed by atoms with Crippen molar-refractivity contribution in [2.75, 3.05) is 5.01 Å². The molecule has 1 aliphatic rings. The highest BCUT2D eigenvalue weighted by Crippen LogP contribution is 2.44. The van der Waals surface area contributed by atoms with Crippen molar-refractivity contribution >= 4 is 23.0 Å². The van der Waals surface area contributed by atoms with E-state index < -0.39 is 42.0 Å². The number of benzene rings is 1.